The molecule has 0 radical (unpaired) electrons. The van der Waals surface area contributed by atoms with Crippen molar-refractivity contribution in [3.8, 4) is 51.2 Å². The number of benzene rings is 10. The molecular formula is C61H38N6. The van der Waals surface area contributed by atoms with Crippen molar-refractivity contribution in [1.82, 2.24) is 28.7 Å². The normalized spacial score (nSPS) is 11.9. The van der Waals surface area contributed by atoms with Crippen LogP contribution >= 0.6 is 0 Å². The molecule has 0 bridgehead atoms. The monoisotopic (exact) mass is 854 g/mol. The van der Waals surface area contributed by atoms with Crippen molar-refractivity contribution in [2.75, 3.05) is 0 Å². The van der Waals surface area contributed by atoms with E-state index in [-0.39, 0.29) is 0 Å². The second-order valence-electron chi connectivity index (χ2n) is 17.2. The minimum atomic E-state index is 0.537. The van der Waals surface area contributed by atoms with Crippen LogP contribution in [0.3, 0.4) is 0 Å². The van der Waals surface area contributed by atoms with Gasteiger partial charge in [0.25, 0.3) is 0 Å². The topological polar surface area (TPSA) is 53.5 Å². The van der Waals surface area contributed by atoms with Crippen LogP contribution in [0.5, 0.6) is 0 Å². The van der Waals surface area contributed by atoms with E-state index in [1.165, 1.54) is 32.3 Å². The predicted molar refractivity (Wildman–Crippen MR) is 277 cm³/mol. The molecule has 0 unspecified atom stereocenters. The average Bonchev–Trinajstić information content (AvgIpc) is 4.05. The maximum atomic E-state index is 5.47. The summed E-state index contributed by atoms with van der Waals surface area (Å²) in [6.45, 7) is 0. The standard InChI is InChI=1S/C61H38N6/c1-3-17-39(18-4-1)40-33-35-43(36-34-40)60-62-59(42-20-5-2-6-21-42)63-61(64-60)67-53-31-16-30-52(66-51-29-14-11-25-47(51)56-44-22-8-7-19-41(44)37-38-54(56)66)57(53)48-26-15-32-55(58(48)67)65-49-27-12-9-23-45(49)46-24-10-13-28-50(46)65/h1-38H. The predicted octanol–water partition coefficient (Wildman–Crippen LogP) is 15.3. The highest BCUT2D eigenvalue weighted by atomic mass is 15.2. The third-order valence-electron chi connectivity index (χ3n) is 13.5. The molecule has 0 saturated heterocycles. The van der Waals surface area contributed by atoms with E-state index >= 15 is 0 Å². The Kier molecular flexibility index (Phi) is 8.18. The molecule has 0 fully saturated rings. The highest BCUT2D eigenvalue weighted by Crippen LogP contribution is 2.44. The van der Waals surface area contributed by atoms with Crippen LogP contribution in [0.4, 0.5) is 0 Å². The van der Waals surface area contributed by atoms with Gasteiger partial charge in [0.2, 0.25) is 5.95 Å². The van der Waals surface area contributed by atoms with Crippen molar-refractivity contribution in [3.63, 3.8) is 0 Å². The quantitative estimate of drug-likeness (QED) is 0.167. The van der Waals surface area contributed by atoms with Crippen LogP contribution in [-0.2, 0) is 0 Å². The molecule has 67 heavy (non-hydrogen) atoms. The molecule has 312 valence electrons. The van der Waals surface area contributed by atoms with E-state index in [9.17, 15) is 0 Å². The lowest BCUT2D eigenvalue weighted by atomic mass is 10.0. The van der Waals surface area contributed by atoms with E-state index in [1.54, 1.807) is 0 Å². The van der Waals surface area contributed by atoms with E-state index < -0.39 is 0 Å². The number of fused-ring (bicyclic) bond motifs is 11. The fourth-order valence-electron chi connectivity index (χ4n) is 10.6. The fourth-order valence-corrected chi connectivity index (χ4v) is 10.6. The van der Waals surface area contributed by atoms with Crippen molar-refractivity contribution < 1.29 is 0 Å². The Morgan fingerprint density at radius 3 is 1.42 bits per heavy atom. The van der Waals surface area contributed by atoms with Crippen LogP contribution in [0.2, 0.25) is 0 Å². The molecule has 0 aliphatic rings. The van der Waals surface area contributed by atoms with Crippen molar-refractivity contribution >= 4 is 76.2 Å². The second kappa shape index (κ2) is 14.7. The number of hydrogen-bond donors (Lipinski definition) is 0. The lowest BCUT2D eigenvalue weighted by molar-refractivity contribution is 0.949. The molecular weight excluding hydrogens is 817 g/mol. The van der Waals surface area contributed by atoms with E-state index in [2.05, 4.69) is 220 Å². The Balaban J connectivity index is 1.12. The van der Waals surface area contributed by atoms with Crippen LogP contribution in [-0.4, -0.2) is 28.7 Å². The van der Waals surface area contributed by atoms with Crippen LogP contribution in [0, 0.1) is 0 Å². The van der Waals surface area contributed by atoms with Gasteiger partial charge in [-0.3, -0.25) is 4.57 Å². The highest BCUT2D eigenvalue weighted by molar-refractivity contribution is 6.23. The Morgan fingerprint density at radius 1 is 0.254 bits per heavy atom. The smallest absolute Gasteiger partial charge is 0.238 e. The zero-order chi connectivity index (χ0) is 44.0. The summed E-state index contributed by atoms with van der Waals surface area (Å²) in [6.07, 6.45) is 0. The zero-order valence-electron chi connectivity index (χ0n) is 36.1. The maximum Gasteiger partial charge on any atom is 0.238 e. The Hall–Kier alpha value is -9.13. The number of para-hydroxylation sites is 4. The Labute approximate surface area is 384 Å². The molecule has 6 nitrogen and oxygen atoms in total. The summed E-state index contributed by atoms with van der Waals surface area (Å²) in [5, 5.41) is 9.51. The highest BCUT2D eigenvalue weighted by Gasteiger charge is 2.26. The first-order valence-electron chi connectivity index (χ1n) is 22.7. The fraction of sp³-hybridized carbons (Fsp3) is 0. The van der Waals surface area contributed by atoms with Gasteiger partial charge >= 0.3 is 0 Å². The Bertz CT molecular complexity index is 4200. The van der Waals surface area contributed by atoms with Gasteiger partial charge in [-0.2, -0.15) is 9.97 Å². The number of rotatable bonds is 6. The summed E-state index contributed by atoms with van der Waals surface area (Å²) in [5.41, 5.74) is 12.8. The third-order valence-corrected chi connectivity index (χ3v) is 13.5. The lowest BCUT2D eigenvalue weighted by Crippen LogP contribution is -2.08. The summed E-state index contributed by atoms with van der Waals surface area (Å²) in [7, 11) is 0. The second-order valence-corrected chi connectivity index (χ2v) is 17.2. The SMILES string of the molecule is c1ccc(-c2ccc(-c3nc(-c4ccccc4)nc(-n4c5cccc(-n6c7ccccc7c7c8ccccc8ccc76)c5c5cccc(-n6c7ccccc7c7ccccc76)c54)n3)cc2)cc1. The molecule has 0 aliphatic heterocycles. The summed E-state index contributed by atoms with van der Waals surface area (Å²) < 4.78 is 7.16. The molecule has 14 rings (SSSR count). The first-order chi connectivity index (χ1) is 33.3. The molecule has 6 heteroatoms. The van der Waals surface area contributed by atoms with Gasteiger partial charge in [-0.15, -0.1) is 0 Å². The van der Waals surface area contributed by atoms with Gasteiger partial charge in [0.15, 0.2) is 11.6 Å². The minimum Gasteiger partial charge on any atom is -0.309 e. The van der Waals surface area contributed by atoms with Gasteiger partial charge in [0.1, 0.15) is 0 Å². The average molecular weight is 855 g/mol. The first kappa shape index (κ1) is 37.3. The van der Waals surface area contributed by atoms with Crippen molar-refractivity contribution in [1.29, 1.82) is 0 Å². The first-order valence-corrected chi connectivity index (χ1v) is 22.7. The number of hydrogen-bond acceptors (Lipinski definition) is 3. The van der Waals surface area contributed by atoms with Gasteiger partial charge in [-0.1, -0.05) is 188 Å². The number of aromatic nitrogens is 6. The Morgan fingerprint density at radius 2 is 0.716 bits per heavy atom. The molecule has 4 heterocycles. The summed E-state index contributed by atoms with van der Waals surface area (Å²) >= 11 is 0. The zero-order valence-corrected chi connectivity index (χ0v) is 36.1. The molecule has 0 atom stereocenters. The van der Waals surface area contributed by atoms with Gasteiger partial charge in [0.05, 0.1) is 44.5 Å². The summed E-state index contributed by atoms with van der Waals surface area (Å²) in [4.78, 5) is 16.1. The number of nitrogens with zero attached hydrogens (tertiary/aromatic N) is 6. The van der Waals surface area contributed by atoms with Crippen molar-refractivity contribution in [2.24, 2.45) is 0 Å². The van der Waals surface area contributed by atoms with Gasteiger partial charge < -0.3 is 9.13 Å². The molecule has 0 aliphatic carbocycles. The molecule has 14 aromatic rings. The van der Waals surface area contributed by atoms with Gasteiger partial charge in [0, 0.05) is 43.4 Å². The van der Waals surface area contributed by atoms with E-state index in [4.69, 9.17) is 15.0 Å². The minimum absolute atomic E-state index is 0.537. The third kappa shape index (κ3) is 5.66. The maximum absolute atomic E-state index is 5.47. The van der Waals surface area contributed by atoms with Crippen molar-refractivity contribution in [2.45, 2.75) is 0 Å². The largest absolute Gasteiger partial charge is 0.309 e. The molecule has 10 aromatic carbocycles. The summed E-state index contributed by atoms with van der Waals surface area (Å²) in [5.74, 6) is 1.73. The molecule has 0 N–H and O–H groups in total. The van der Waals surface area contributed by atoms with Crippen LogP contribution in [0.15, 0.2) is 231 Å². The van der Waals surface area contributed by atoms with Crippen LogP contribution in [0.25, 0.3) is 127 Å². The van der Waals surface area contributed by atoms with Gasteiger partial charge in [-0.05, 0) is 64.4 Å². The van der Waals surface area contributed by atoms with Crippen LogP contribution in [0.1, 0.15) is 0 Å². The molecule has 0 saturated carbocycles. The van der Waals surface area contributed by atoms with E-state index in [0.717, 1.165) is 77.5 Å². The van der Waals surface area contributed by atoms with Crippen molar-refractivity contribution in [3.05, 3.63) is 231 Å². The molecule has 4 aromatic heterocycles. The lowest BCUT2D eigenvalue weighted by Gasteiger charge is -2.15. The summed E-state index contributed by atoms with van der Waals surface area (Å²) in [6, 6.07) is 82.1. The molecule has 0 spiro atoms. The van der Waals surface area contributed by atoms with Gasteiger partial charge in [-0.25, -0.2) is 4.98 Å². The van der Waals surface area contributed by atoms with E-state index in [0.29, 0.717) is 17.6 Å². The van der Waals surface area contributed by atoms with Crippen LogP contribution < -0.4 is 0 Å². The molecule has 0 amide bonds. The van der Waals surface area contributed by atoms with E-state index in [1.807, 2.05) is 24.3 Å².